The van der Waals surface area contributed by atoms with Crippen LogP contribution < -0.4 is 10.1 Å². The van der Waals surface area contributed by atoms with Gasteiger partial charge in [-0.05, 0) is 25.5 Å². The van der Waals surface area contributed by atoms with Gasteiger partial charge >= 0.3 is 0 Å². The van der Waals surface area contributed by atoms with Crippen LogP contribution in [0.5, 0.6) is 5.75 Å². The first-order chi connectivity index (χ1) is 13.7. The van der Waals surface area contributed by atoms with Gasteiger partial charge in [-0.1, -0.05) is 55.3 Å². The van der Waals surface area contributed by atoms with E-state index in [9.17, 15) is 4.79 Å². The molecule has 1 N–H and O–H groups in total. The number of amides is 1. The van der Waals surface area contributed by atoms with Crippen LogP contribution in [0.2, 0.25) is 0 Å². The highest BCUT2D eigenvalue weighted by Crippen LogP contribution is 2.24. The molecule has 0 aliphatic carbocycles. The van der Waals surface area contributed by atoms with Crippen LogP contribution in [0.15, 0.2) is 53.9 Å². The van der Waals surface area contributed by atoms with E-state index < -0.39 is 0 Å². The van der Waals surface area contributed by atoms with Gasteiger partial charge in [-0.15, -0.1) is 11.3 Å². The first kappa shape index (κ1) is 20.1. The van der Waals surface area contributed by atoms with Gasteiger partial charge in [0.15, 0.2) is 0 Å². The van der Waals surface area contributed by atoms with Gasteiger partial charge in [0.2, 0.25) is 0 Å². The molecule has 5 heteroatoms. The number of hydrogen-bond acceptors (Lipinski definition) is 4. The summed E-state index contributed by atoms with van der Waals surface area (Å²) in [6.07, 6.45) is 2.74. The summed E-state index contributed by atoms with van der Waals surface area (Å²) in [5, 5.41) is 6.05. The summed E-state index contributed by atoms with van der Waals surface area (Å²) in [7, 11) is 0. The summed E-state index contributed by atoms with van der Waals surface area (Å²) in [5.74, 6) is 0.532. The molecular formula is C23H26N2O2S. The van der Waals surface area contributed by atoms with Crippen molar-refractivity contribution in [1.29, 1.82) is 0 Å². The van der Waals surface area contributed by atoms with Gasteiger partial charge < -0.3 is 10.1 Å². The van der Waals surface area contributed by atoms with Gasteiger partial charge in [-0.25, -0.2) is 4.98 Å². The molecule has 0 saturated heterocycles. The number of nitrogens with one attached hydrogen (secondary N) is 1. The fourth-order valence-electron chi connectivity index (χ4n) is 2.76. The van der Waals surface area contributed by atoms with E-state index in [1.807, 2.05) is 18.2 Å². The van der Waals surface area contributed by atoms with Crippen molar-refractivity contribution >= 4 is 17.2 Å². The lowest BCUT2D eigenvalue weighted by Gasteiger charge is -2.11. The van der Waals surface area contributed by atoms with Crippen molar-refractivity contribution in [1.82, 2.24) is 10.3 Å². The number of aromatic nitrogens is 1. The summed E-state index contributed by atoms with van der Waals surface area (Å²) in [4.78, 5) is 17.2. The van der Waals surface area contributed by atoms with Crippen molar-refractivity contribution in [2.24, 2.45) is 0 Å². The second kappa shape index (κ2) is 10.0. The number of benzene rings is 2. The Kier molecular flexibility index (Phi) is 7.20. The Bertz CT molecular complexity index is 903. The molecule has 3 rings (SSSR count). The standard InChI is InChI=1S/C23H26N2O2S/c1-3-4-15-27-21-8-6-5-7-20(21)22(26)24-14-13-19-16-28-23(25-19)18-11-9-17(2)10-12-18/h5-12,16H,3-4,13-15H2,1-2H3,(H,24,26). The van der Waals surface area contributed by atoms with Crippen LogP contribution in [0.25, 0.3) is 10.6 Å². The van der Waals surface area contributed by atoms with Crippen LogP contribution in [0.1, 0.15) is 41.4 Å². The largest absolute Gasteiger partial charge is 0.493 e. The lowest BCUT2D eigenvalue weighted by molar-refractivity contribution is 0.0950. The number of rotatable bonds is 9. The highest BCUT2D eigenvalue weighted by molar-refractivity contribution is 7.13. The fraction of sp³-hybridized carbons (Fsp3) is 0.304. The zero-order valence-electron chi connectivity index (χ0n) is 16.4. The molecular weight excluding hydrogens is 368 g/mol. The average Bonchev–Trinajstić information content (AvgIpc) is 3.18. The highest BCUT2D eigenvalue weighted by atomic mass is 32.1. The number of unbranched alkanes of at least 4 members (excludes halogenated alkanes) is 1. The van der Waals surface area contributed by atoms with E-state index in [4.69, 9.17) is 4.74 Å². The van der Waals surface area contributed by atoms with Crippen LogP contribution in [-0.4, -0.2) is 24.0 Å². The summed E-state index contributed by atoms with van der Waals surface area (Å²) < 4.78 is 5.75. The second-order valence-corrected chi connectivity index (χ2v) is 7.57. The Morgan fingerprint density at radius 3 is 2.71 bits per heavy atom. The van der Waals surface area contributed by atoms with E-state index in [0.717, 1.165) is 29.1 Å². The van der Waals surface area contributed by atoms with E-state index in [2.05, 4.69) is 53.8 Å². The molecule has 3 aromatic rings. The smallest absolute Gasteiger partial charge is 0.255 e. The average molecular weight is 395 g/mol. The monoisotopic (exact) mass is 394 g/mol. The summed E-state index contributed by atoms with van der Waals surface area (Å²) in [5.41, 5.74) is 3.94. The third-order valence-corrected chi connectivity index (χ3v) is 5.34. The summed E-state index contributed by atoms with van der Waals surface area (Å²) >= 11 is 1.63. The van der Waals surface area contributed by atoms with Crippen LogP contribution >= 0.6 is 11.3 Å². The van der Waals surface area contributed by atoms with Gasteiger partial charge in [0.1, 0.15) is 10.8 Å². The van der Waals surface area contributed by atoms with Gasteiger partial charge in [0, 0.05) is 23.9 Å². The second-order valence-electron chi connectivity index (χ2n) is 6.71. The lowest BCUT2D eigenvalue weighted by atomic mass is 10.1. The lowest BCUT2D eigenvalue weighted by Crippen LogP contribution is -2.26. The van der Waals surface area contributed by atoms with E-state index in [0.29, 0.717) is 30.9 Å². The minimum absolute atomic E-state index is 0.110. The highest BCUT2D eigenvalue weighted by Gasteiger charge is 2.12. The Labute approximate surface area is 170 Å². The van der Waals surface area contributed by atoms with Gasteiger partial charge in [0.25, 0.3) is 5.91 Å². The number of ether oxygens (including phenoxy) is 1. The quantitative estimate of drug-likeness (QED) is 0.503. The molecule has 0 saturated carbocycles. The number of carbonyl (C=O) groups is 1. The number of hydrogen-bond donors (Lipinski definition) is 1. The third-order valence-electron chi connectivity index (χ3n) is 4.40. The maximum absolute atomic E-state index is 12.5. The number of nitrogens with zero attached hydrogens (tertiary/aromatic N) is 1. The Hall–Kier alpha value is -2.66. The molecule has 146 valence electrons. The van der Waals surface area contributed by atoms with Crippen molar-refractivity contribution in [3.05, 3.63) is 70.7 Å². The number of aryl methyl sites for hydroxylation is 1. The molecule has 4 nitrogen and oxygen atoms in total. The molecule has 1 aromatic heterocycles. The first-order valence-electron chi connectivity index (χ1n) is 9.69. The first-order valence-corrected chi connectivity index (χ1v) is 10.6. The summed E-state index contributed by atoms with van der Waals surface area (Å²) in [6.45, 7) is 5.36. The maximum atomic E-state index is 12.5. The molecule has 0 aliphatic rings. The molecule has 0 radical (unpaired) electrons. The molecule has 0 fully saturated rings. The molecule has 0 bridgehead atoms. The predicted molar refractivity (Wildman–Crippen MR) is 115 cm³/mol. The molecule has 1 heterocycles. The van der Waals surface area contributed by atoms with Crippen molar-refractivity contribution in [3.63, 3.8) is 0 Å². The number of para-hydroxylation sites is 1. The zero-order chi connectivity index (χ0) is 19.8. The minimum atomic E-state index is -0.110. The van der Waals surface area contributed by atoms with Crippen molar-refractivity contribution in [2.75, 3.05) is 13.2 Å². The maximum Gasteiger partial charge on any atom is 0.255 e. The zero-order valence-corrected chi connectivity index (χ0v) is 17.2. The van der Waals surface area contributed by atoms with E-state index in [-0.39, 0.29) is 5.91 Å². The van der Waals surface area contributed by atoms with Gasteiger partial charge in [-0.3, -0.25) is 4.79 Å². The minimum Gasteiger partial charge on any atom is -0.493 e. The van der Waals surface area contributed by atoms with Crippen molar-refractivity contribution < 1.29 is 9.53 Å². The predicted octanol–water partition coefficient (Wildman–Crippen LogP) is 5.27. The normalized spacial score (nSPS) is 10.6. The van der Waals surface area contributed by atoms with E-state index >= 15 is 0 Å². The summed E-state index contributed by atoms with van der Waals surface area (Å²) in [6, 6.07) is 15.8. The molecule has 0 aliphatic heterocycles. The fourth-order valence-corrected chi connectivity index (χ4v) is 3.62. The van der Waals surface area contributed by atoms with Crippen LogP contribution in [0.4, 0.5) is 0 Å². The number of carbonyl (C=O) groups excluding carboxylic acids is 1. The van der Waals surface area contributed by atoms with Crippen molar-refractivity contribution in [2.45, 2.75) is 33.1 Å². The van der Waals surface area contributed by atoms with Gasteiger partial charge in [0.05, 0.1) is 17.9 Å². The van der Waals surface area contributed by atoms with E-state index in [1.54, 1.807) is 17.4 Å². The number of thiazole rings is 1. The van der Waals surface area contributed by atoms with Crippen LogP contribution in [-0.2, 0) is 6.42 Å². The SMILES string of the molecule is CCCCOc1ccccc1C(=O)NCCc1csc(-c2ccc(C)cc2)n1. The molecule has 0 unspecified atom stereocenters. The Balaban J connectivity index is 1.54. The van der Waals surface area contributed by atoms with Crippen molar-refractivity contribution in [3.8, 4) is 16.3 Å². The molecule has 0 atom stereocenters. The van der Waals surface area contributed by atoms with E-state index in [1.165, 1.54) is 5.56 Å². The van der Waals surface area contributed by atoms with Gasteiger partial charge in [-0.2, -0.15) is 0 Å². The topological polar surface area (TPSA) is 51.2 Å². The third kappa shape index (κ3) is 5.42. The Morgan fingerprint density at radius 2 is 1.93 bits per heavy atom. The van der Waals surface area contributed by atoms with Crippen LogP contribution in [0.3, 0.4) is 0 Å². The Morgan fingerprint density at radius 1 is 1.14 bits per heavy atom. The molecule has 28 heavy (non-hydrogen) atoms. The van der Waals surface area contributed by atoms with Crippen LogP contribution in [0, 0.1) is 6.92 Å². The molecule has 2 aromatic carbocycles. The molecule has 0 spiro atoms. The molecule has 1 amide bonds.